The van der Waals surface area contributed by atoms with E-state index >= 15 is 0 Å². The third-order valence-corrected chi connectivity index (χ3v) is 4.63. The maximum atomic E-state index is 12.2. The zero-order chi connectivity index (χ0) is 14.0. The first-order valence-electron chi connectivity index (χ1n) is 7.04. The highest BCUT2D eigenvalue weighted by molar-refractivity contribution is 5.77. The van der Waals surface area contributed by atoms with Crippen LogP contribution in [0.4, 0.5) is 0 Å². The molecule has 0 bridgehead atoms. The molecule has 1 N–H and O–H groups in total. The fourth-order valence-corrected chi connectivity index (χ4v) is 3.01. The molecule has 2 rings (SSSR count). The molecule has 1 aliphatic carbocycles. The molecule has 1 saturated heterocycles. The van der Waals surface area contributed by atoms with Crippen LogP contribution in [0.15, 0.2) is 0 Å². The van der Waals surface area contributed by atoms with Gasteiger partial charge in [-0.1, -0.05) is 13.8 Å². The largest absolute Gasteiger partial charge is 0.378 e. The molecule has 1 heterocycles. The van der Waals surface area contributed by atoms with Crippen molar-refractivity contribution in [3.63, 3.8) is 0 Å². The van der Waals surface area contributed by atoms with Crippen molar-refractivity contribution in [1.29, 1.82) is 0 Å². The minimum atomic E-state index is 0.00756. The number of morpholine rings is 1. The normalized spacial score (nSPS) is 29.5. The molecule has 0 spiro atoms. The Labute approximate surface area is 114 Å². The average Bonchev–Trinajstić information content (AvgIpc) is 2.38. The minimum Gasteiger partial charge on any atom is -0.378 e. The van der Waals surface area contributed by atoms with Crippen LogP contribution in [0.2, 0.25) is 0 Å². The number of ether oxygens (including phenoxy) is 1. The molecule has 1 aliphatic heterocycles. The minimum absolute atomic E-state index is 0.00756. The summed E-state index contributed by atoms with van der Waals surface area (Å²) < 4.78 is 5.26. The molecule has 108 valence electrons. The summed E-state index contributed by atoms with van der Waals surface area (Å²) in [6.45, 7) is 8.52. The third-order valence-electron chi connectivity index (χ3n) is 4.63. The first-order valence-corrected chi connectivity index (χ1v) is 7.04. The van der Waals surface area contributed by atoms with Crippen molar-refractivity contribution in [1.82, 2.24) is 10.2 Å². The monoisotopic (exact) mass is 268 g/mol. The summed E-state index contributed by atoms with van der Waals surface area (Å²) in [6, 6.07) is 0.201. The molecular formula is C14H24N2O3. The van der Waals surface area contributed by atoms with Crippen LogP contribution in [0.5, 0.6) is 0 Å². The van der Waals surface area contributed by atoms with E-state index in [1.165, 1.54) is 0 Å². The molecule has 0 aromatic heterocycles. The molecule has 19 heavy (non-hydrogen) atoms. The van der Waals surface area contributed by atoms with Crippen molar-refractivity contribution < 1.29 is 14.3 Å². The molecule has 2 fully saturated rings. The number of nitrogens with zero attached hydrogens (tertiary/aromatic N) is 1. The third kappa shape index (κ3) is 3.08. The van der Waals surface area contributed by atoms with E-state index in [4.69, 9.17) is 4.74 Å². The van der Waals surface area contributed by atoms with E-state index in [1.807, 2.05) is 4.90 Å². The van der Waals surface area contributed by atoms with Gasteiger partial charge in [-0.25, -0.2) is 0 Å². The summed E-state index contributed by atoms with van der Waals surface area (Å²) in [7, 11) is 0. The topological polar surface area (TPSA) is 58.6 Å². The van der Waals surface area contributed by atoms with Gasteiger partial charge in [0.15, 0.2) is 0 Å². The zero-order valence-electron chi connectivity index (χ0n) is 12.1. The maximum absolute atomic E-state index is 12.2. The van der Waals surface area contributed by atoms with Crippen LogP contribution in [0.25, 0.3) is 0 Å². The van der Waals surface area contributed by atoms with Gasteiger partial charge in [-0.15, -0.1) is 0 Å². The van der Waals surface area contributed by atoms with Gasteiger partial charge in [0.05, 0.1) is 13.2 Å². The highest BCUT2D eigenvalue weighted by Crippen LogP contribution is 2.48. The van der Waals surface area contributed by atoms with Gasteiger partial charge >= 0.3 is 0 Å². The summed E-state index contributed by atoms with van der Waals surface area (Å²) in [5, 5.41) is 2.97. The summed E-state index contributed by atoms with van der Waals surface area (Å²) in [5.74, 6) is 0.596. The summed E-state index contributed by atoms with van der Waals surface area (Å²) >= 11 is 0. The van der Waals surface area contributed by atoms with E-state index < -0.39 is 0 Å². The Kier molecular flexibility index (Phi) is 4.13. The lowest BCUT2D eigenvalue weighted by molar-refractivity contribution is -0.140. The van der Waals surface area contributed by atoms with Gasteiger partial charge in [0.2, 0.25) is 11.8 Å². The van der Waals surface area contributed by atoms with Crippen LogP contribution >= 0.6 is 0 Å². The predicted octanol–water partition coefficient (Wildman–Crippen LogP) is 0.786. The highest BCUT2D eigenvalue weighted by Gasteiger charge is 2.49. The van der Waals surface area contributed by atoms with Gasteiger partial charge in [0.1, 0.15) is 0 Å². The SMILES string of the molecule is CC(=O)NC1CC(CC(=O)N2CCOCC2)C1(C)C. The Bertz CT molecular complexity index is 362. The average molecular weight is 268 g/mol. The Balaban J connectivity index is 1.84. The van der Waals surface area contributed by atoms with Crippen LogP contribution in [0.3, 0.4) is 0 Å². The van der Waals surface area contributed by atoms with E-state index in [-0.39, 0.29) is 23.3 Å². The van der Waals surface area contributed by atoms with E-state index in [0.717, 1.165) is 6.42 Å². The Morgan fingerprint density at radius 2 is 1.95 bits per heavy atom. The first-order chi connectivity index (χ1) is 8.91. The predicted molar refractivity (Wildman–Crippen MR) is 71.5 cm³/mol. The number of nitrogens with one attached hydrogen (secondary N) is 1. The lowest BCUT2D eigenvalue weighted by Gasteiger charge is -2.52. The van der Waals surface area contributed by atoms with Crippen molar-refractivity contribution >= 4 is 11.8 Å². The number of amides is 2. The van der Waals surface area contributed by atoms with Crippen molar-refractivity contribution in [3.05, 3.63) is 0 Å². The second kappa shape index (κ2) is 5.49. The van der Waals surface area contributed by atoms with Crippen molar-refractivity contribution in [2.45, 2.75) is 39.7 Å². The summed E-state index contributed by atoms with van der Waals surface area (Å²) in [5.41, 5.74) is 0.00756. The van der Waals surface area contributed by atoms with E-state index in [0.29, 0.717) is 38.6 Å². The summed E-state index contributed by atoms with van der Waals surface area (Å²) in [6.07, 6.45) is 1.49. The lowest BCUT2D eigenvalue weighted by atomic mass is 9.57. The Morgan fingerprint density at radius 3 is 2.47 bits per heavy atom. The van der Waals surface area contributed by atoms with Crippen molar-refractivity contribution in [2.75, 3.05) is 26.3 Å². The number of rotatable bonds is 3. The second-order valence-electron chi connectivity index (χ2n) is 6.20. The lowest BCUT2D eigenvalue weighted by Crippen LogP contribution is -2.59. The molecule has 2 unspecified atom stereocenters. The Hall–Kier alpha value is -1.10. The second-order valence-corrected chi connectivity index (χ2v) is 6.20. The van der Waals surface area contributed by atoms with Crippen LogP contribution in [0, 0.1) is 11.3 Å². The smallest absolute Gasteiger partial charge is 0.223 e. The molecular weight excluding hydrogens is 244 g/mol. The molecule has 2 amide bonds. The maximum Gasteiger partial charge on any atom is 0.223 e. The van der Waals surface area contributed by atoms with Crippen molar-refractivity contribution in [3.8, 4) is 0 Å². The van der Waals surface area contributed by atoms with Crippen LogP contribution in [0.1, 0.15) is 33.6 Å². The molecule has 2 aliphatic rings. The fraction of sp³-hybridized carbons (Fsp3) is 0.857. The van der Waals surface area contributed by atoms with Gasteiger partial charge in [-0.2, -0.15) is 0 Å². The zero-order valence-corrected chi connectivity index (χ0v) is 12.1. The van der Waals surface area contributed by atoms with Gasteiger partial charge in [0.25, 0.3) is 0 Å². The standard InChI is InChI=1S/C14H24N2O3/c1-10(17)15-12-8-11(14(12,2)3)9-13(18)16-4-6-19-7-5-16/h11-12H,4-9H2,1-3H3,(H,15,17). The van der Waals surface area contributed by atoms with Gasteiger partial charge in [0, 0.05) is 32.5 Å². The highest BCUT2D eigenvalue weighted by atomic mass is 16.5. The van der Waals surface area contributed by atoms with Gasteiger partial charge in [-0.3, -0.25) is 9.59 Å². The first kappa shape index (κ1) is 14.3. The van der Waals surface area contributed by atoms with Crippen LogP contribution in [-0.2, 0) is 14.3 Å². The number of carbonyl (C=O) groups is 2. The fourth-order valence-electron chi connectivity index (χ4n) is 3.01. The van der Waals surface area contributed by atoms with E-state index in [9.17, 15) is 9.59 Å². The summed E-state index contributed by atoms with van der Waals surface area (Å²) in [4.78, 5) is 25.2. The Morgan fingerprint density at radius 1 is 1.32 bits per heavy atom. The molecule has 2 atom stereocenters. The quantitative estimate of drug-likeness (QED) is 0.823. The number of hydrogen-bond donors (Lipinski definition) is 1. The van der Waals surface area contributed by atoms with E-state index in [2.05, 4.69) is 19.2 Å². The van der Waals surface area contributed by atoms with Crippen LogP contribution in [-0.4, -0.2) is 49.1 Å². The molecule has 0 radical (unpaired) electrons. The molecule has 1 saturated carbocycles. The van der Waals surface area contributed by atoms with E-state index in [1.54, 1.807) is 6.92 Å². The van der Waals surface area contributed by atoms with Gasteiger partial charge in [-0.05, 0) is 17.8 Å². The molecule has 5 heteroatoms. The molecule has 5 nitrogen and oxygen atoms in total. The number of hydrogen-bond acceptors (Lipinski definition) is 3. The molecule has 0 aromatic carbocycles. The number of carbonyl (C=O) groups excluding carboxylic acids is 2. The van der Waals surface area contributed by atoms with Crippen LogP contribution < -0.4 is 5.32 Å². The van der Waals surface area contributed by atoms with Crippen molar-refractivity contribution in [2.24, 2.45) is 11.3 Å². The van der Waals surface area contributed by atoms with Gasteiger partial charge < -0.3 is 15.0 Å². The molecule has 0 aromatic rings.